The fourth-order valence-electron chi connectivity index (χ4n) is 1.44. The monoisotopic (exact) mass is 346 g/mol. The van der Waals surface area contributed by atoms with Gasteiger partial charge >= 0.3 is 0 Å². The predicted molar refractivity (Wildman–Crippen MR) is 87.4 cm³/mol. The van der Waals surface area contributed by atoms with Crippen LogP contribution in [0.5, 0.6) is 5.75 Å². The molecule has 0 saturated heterocycles. The molecule has 0 radical (unpaired) electrons. The molecule has 0 aliphatic carbocycles. The zero-order valence-corrected chi connectivity index (χ0v) is 13.2. The maximum atomic E-state index is 6.01. The molecule has 2 rings (SSSR count). The normalized spacial score (nSPS) is 10.2. The largest absolute Gasteiger partial charge is 0.483 e. The summed E-state index contributed by atoms with van der Waals surface area (Å²) in [6.45, 7) is 0.144. The molecule has 20 heavy (non-hydrogen) atoms. The number of pyridine rings is 1. The smallest absolute Gasteiger partial charge is 0.157 e. The van der Waals surface area contributed by atoms with E-state index in [9.17, 15) is 0 Å². The number of thiocarbonyl (C=S) groups is 1. The van der Waals surface area contributed by atoms with Gasteiger partial charge in [0, 0.05) is 11.2 Å². The Morgan fingerprint density at radius 3 is 2.55 bits per heavy atom. The standard InChI is InChI=1S/C13H9Cl3N2OS/c14-8-4-10(15)13(11(16)5-8)19-7-12(20)18-9-2-1-3-17-6-9/h1-6H,7H2,(H,18,20). The predicted octanol–water partition coefficient (Wildman–Crippen LogP) is 4.86. The Morgan fingerprint density at radius 2 is 1.95 bits per heavy atom. The van der Waals surface area contributed by atoms with Crippen LogP contribution in [-0.2, 0) is 0 Å². The van der Waals surface area contributed by atoms with Crippen LogP contribution in [0.25, 0.3) is 0 Å². The van der Waals surface area contributed by atoms with E-state index >= 15 is 0 Å². The highest BCUT2D eigenvalue weighted by atomic mass is 35.5. The van der Waals surface area contributed by atoms with E-state index < -0.39 is 0 Å². The molecule has 104 valence electrons. The Labute approximate surface area is 136 Å². The van der Waals surface area contributed by atoms with E-state index in [4.69, 9.17) is 51.8 Å². The van der Waals surface area contributed by atoms with Crippen molar-refractivity contribution in [2.45, 2.75) is 0 Å². The van der Waals surface area contributed by atoms with E-state index in [0.717, 1.165) is 5.69 Å². The summed E-state index contributed by atoms with van der Waals surface area (Å²) >= 11 is 23.0. The molecule has 0 unspecified atom stereocenters. The summed E-state index contributed by atoms with van der Waals surface area (Å²) in [4.78, 5) is 4.46. The van der Waals surface area contributed by atoms with Crippen molar-refractivity contribution in [2.24, 2.45) is 0 Å². The van der Waals surface area contributed by atoms with E-state index in [2.05, 4.69) is 10.3 Å². The Balaban J connectivity index is 1.97. The second-order valence-corrected chi connectivity index (χ2v) is 5.52. The minimum absolute atomic E-state index is 0.144. The van der Waals surface area contributed by atoms with Crippen molar-refractivity contribution in [1.29, 1.82) is 0 Å². The molecule has 3 nitrogen and oxygen atoms in total. The van der Waals surface area contributed by atoms with E-state index in [1.54, 1.807) is 30.6 Å². The molecule has 0 atom stereocenters. The molecule has 1 aromatic carbocycles. The van der Waals surface area contributed by atoms with Gasteiger partial charge in [-0.25, -0.2) is 0 Å². The summed E-state index contributed by atoms with van der Waals surface area (Å²) in [6, 6.07) is 6.77. The minimum atomic E-state index is 0.144. The molecular weight excluding hydrogens is 339 g/mol. The van der Waals surface area contributed by atoms with Gasteiger partial charge in [-0.05, 0) is 24.3 Å². The second-order valence-electron chi connectivity index (χ2n) is 3.78. The molecule has 0 aliphatic heterocycles. The van der Waals surface area contributed by atoms with Crippen LogP contribution in [0.4, 0.5) is 5.69 Å². The van der Waals surface area contributed by atoms with Crippen molar-refractivity contribution in [2.75, 3.05) is 11.9 Å². The van der Waals surface area contributed by atoms with Crippen molar-refractivity contribution < 1.29 is 4.74 Å². The topological polar surface area (TPSA) is 34.1 Å². The molecule has 7 heteroatoms. The molecule has 0 aliphatic rings. The number of ether oxygens (including phenoxy) is 1. The highest BCUT2D eigenvalue weighted by molar-refractivity contribution is 7.80. The van der Waals surface area contributed by atoms with Crippen molar-refractivity contribution in [3.8, 4) is 5.75 Å². The molecule has 1 aromatic heterocycles. The highest BCUT2D eigenvalue weighted by Gasteiger charge is 2.10. The van der Waals surface area contributed by atoms with Crippen LogP contribution in [0.3, 0.4) is 0 Å². The van der Waals surface area contributed by atoms with Gasteiger partial charge < -0.3 is 10.1 Å². The van der Waals surface area contributed by atoms with Crippen molar-refractivity contribution in [3.05, 3.63) is 51.7 Å². The molecule has 0 saturated carbocycles. The van der Waals surface area contributed by atoms with E-state index in [1.807, 2.05) is 6.07 Å². The lowest BCUT2D eigenvalue weighted by Crippen LogP contribution is -2.18. The minimum Gasteiger partial charge on any atom is -0.483 e. The first-order chi connectivity index (χ1) is 9.56. The number of hydrogen-bond acceptors (Lipinski definition) is 3. The molecular formula is C13H9Cl3N2OS. The molecule has 2 aromatic rings. The molecule has 0 amide bonds. The lowest BCUT2D eigenvalue weighted by Gasteiger charge is -2.12. The average molecular weight is 348 g/mol. The molecule has 1 N–H and O–H groups in total. The van der Waals surface area contributed by atoms with Gasteiger partial charge in [-0.15, -0.1) is 0 Å². The first-order valence-corrected chi connectivity index (χ1v) is 7.07. The third kappa shape index (κ3) is 4.21. The summed E-state index contributed by atoms with van der Waals surface area (Å²) in [5, 5.41) is 4.12. The lowest BCUT2D eigenvalue weighted by atomic mass is 10.3. The van der Waals surface area contributed by atoms with Crippen LogP contribution in [0, 0.1) is 0 Å². The van der Waals surface area contributed by atoms with Gasteiger partial charge in [-0.1, -0.05) is 47.0 Å². The summed E-state index contributed by atoms with van der Waals surface area (Å²) in [5.41, 5.74) is 0.786. The van der Waals surface area contributed by atoms with Crippen LogP contribution >= 0.6 is 47.0 Å². The number of nitrogens with zero attached hydrogens (tertiary/aromatic N) is 1. The van der Waals surface area contributed by atoms with Crippen molar-refractivity contribution >= 4 is 57.7 Å². The SMILES string of the molecule is S=C(COc1c(Cl)cc(Cl)cc1Cl)Nc1cccnc1. The number of halogens is 3. The Kier molecular flexibility index (Phi) is 5.43. The van der Waals surface area contributed by atoms with Gasteiger partial charge in [0.2, 0.25) is 0 Å². The number of nitrogens with one attached hydrogen (secondary N) is 1. The number of aromatic nitrogens is 1. The third-order valence-corrected chi connectivity index (χ3v) is 3.26. The molecule has 1 heterocycles. The lowest BCUT2D eigenvalue weighted by molar-refractivity contribution is 0.379. The van der Waals surface area contributed by atoms with Gasteiger partial charge in [0.25, 0.3) is 0 Å². The number of anilines is 1. The summed E-state index contributed by atoms with van der Waals surface area (Å²) < 4.78 is 5.51. The zero-order valence-electron chi connectivity index (χ0n) is 10.1. The van der Waals surface area contributed by atoms with Gasteiger partial charge in [-0.2, -0.15) is 0 Å². The Morgan fingerprint density at radius 1 is 1.25 bits per heavy atom. The number of rotatable bonds is 4. The highest BCUT2D eigenvalue weighted by Crippen LogP contribution is 2.35. The van der Waals surface area contributed by atoms with E-state index in [1.165, 1.54) is 0 Å². The van der Waals surface area contributed by atoms with Gasteiger partial charge in [-0.3, -0.25) is 4.98 Å². The Hall–Kier alpha value is -1.07. The zero-order chi connectivity index (χ0) is 14.5. The molecule has 0 spiro atoms. The van der Waals surface area contributed by atoms with Crippen LogP contribution in [-0.4, -0.2) is 16.6 Å². The first-order valence-electron chi connectivity index (χ1n) is 5.53. The quantitative estimate of drug-likeness (QED) is 0.801. The fraction of sp³-hybridized carbons (Fsp3) is 0.0769. The average Bonchev–Trinajstić information content (AvgIpc) is 2.38. The van der Waals surface area contributed by atoms with Crippen LogP contribution in [0.2, 0.25) is 15.1 Å². The summed E-state index contributed by atoms with van der Waals surface area (Å²) in [6.07, 6.45) is 3.34. The summed E-state index contributed by atoms with van der Waals surface area (Å²) in [5.74, 6) is 0.355. The first kappa shape index (κ1) is 15.3. The van der Waals surface area contributed by atoms with E-state index in [0.29, 0.717) is 25.8 Å². The van der Waals surface area contributed by atoms with Crippen molar-refractivity contribution in [3.63, 3.8) is 0 Å². The van der Waals surface area contributed by atoms with Crippen LogP contribution in [0.15, 0.2) is 36.7 Å². The van der Waals surface area contributed by atoms with Gasteiger partial charge in [0.05, 0.1) is 21.9 Å². The second kappa shape index (κ2) is 7.09. The van der Waals surface area contributed by atoms with Gasteiger partial charge in [0.15, 0.2) is 5.75 Å². The maximum absolute atomic E-state index is 6.01. The Bertz CT molecular complexity index is 599. The van der Waals surface area contributed by atoms with Gasteiger partial charge in [0.1, 0.15) is 11.6 Å². The fourth-order valence-corrected chi connectivity index (χ4v) is 2.54. The molecule has 0 fully saturated rings. The number of benzene rings is 1. The van der Waals surface area contributed by atoms with Crippen molar-refractivity contribution in [1.82, 2.24) is 4.98 Å². The van der Waals surface area contributed by atoms with Crippen LogP contribution < -0.4 is 10.1 Å². The third-order valence-electron chi connectivity index (χ3n) is 2.26. The van der Waals surface area contributed by atoms with Crippen LogP contribution in [0.1, 0.15) is 0 Å². The summed E-state index contributed by atoms with van der Waals surface area (Å²) in [7, 11) is 0. The molecule has 0 bridgehead atoms. The number of hydrogen-bond donors (Lipinski definition) is 1. The van der Waals surface area contributed by atoms with E-state index in [-0.39, 0.29) is 6.61 Å². The maximum Gasteiger partial charge on any atom is 0.157 e.